The Morgan fingerprint density at radius 3 is 3.12 bits per heavy atom. The monoisotopic (exact) mass is 221 g/mol. The molecule has 0 bridgehead atoms. The minimum absolute atomic E-state index is 0.721. The van der Waals surface area contributed by atoms with Gasteiger partial charge in [0.2, 0.25) is 0 Å². The fourth-order valence-corrected chi connectivity index (χ4v) is 1.45. The summed E-state index contributed by atoms with van der Waals surface area (Å²) >= 11 is 0. The van der Waals surface area contributed by atoms with Gasteiger partial charge in [0.25, 0.3) is 0 Å². The highest BCUT2D eigenvalue weighted by atomic mass is 16.5. The first kappa shape index (κ1) is 12.8. The van der Waals surface area contributed by atoms with E-state index in [2.05, 4.69) is 23.3 Å². The van der Waals surface area contributed by atoms with Gasteiger partial charge < -0.3 is 10.1 Å². The number of hydrogen-bond donors (Lipinski definition) is 1. The van der Waals surface area contributed by atoms with Gasteiger partial charge in [-0.05, 0) is 6.92 Å². The van der Waals surface area contributed by atoms with E-state index in [0.29, 0.717) is 0 Å². The van der Waals surface area contributed by atoms with Crippen molar-refractivity contribution < 1.29 is 4.74 Å². The van der Waals surface area contributed by atoms with Gasteiger partial charge in [-0.15, -0.1) is 12.3 Å². The molecule has 1 aromatic rings. The third-order valence-electron chi connectivity index (χ3n) is 2.47. The summed E-state index contributed by atoms with van der Waals surface area (Å²) in [5, 5.41) is 7.60. The zero-order chi connectivity index (χ0) is 11.8. The van der Waals surface area contributed by atoms with Crippen LogP contribution in [0.3, 0.4) is 0 Å². The van der Waals surface area contributed by atoms with Crippen LogP contribution in [0.25, 0.3) is 0 Å². The van der Waals surface area contributed by atoms with E-state index < -0.39 is 0 Å². The van der Waals surface area contributed by atoms with Gasteiger partial charge >= 0.3 is 0 Å². The molecule has 1 aromatic heterocycles. The van der Waals surface area contributed by atoms with Crippen molar-refractivity contribution in [2.24, 2.45) is 0 Å². The Labute approximate surface area is 97.0 Å². The molecule has 1 heterocycles. The van der Waals surface area contributed by atoms with E-state index in [9.17, 15) is 0 Å². The molecule has 4 heteroatoms. The lowest BCUT2D eigenvalue weighted by atomic mass is 10.2. The molecule has 0 aliphatic heterocycles. The van der Waals surface area contributed by atoms with Crippen LogP contribution in [0.5, 0.6) is 0 Å². The molecule has 0 aromatic carbocycles. The molecular formula is C12H19N3O. The van der Waals surface area contributed by atoms with Gasteiger partial charge in [-0.25, -0.2) is 0 Å². The Balaban J connectivity index is 2.42. The molecule has 0 amide bonds. The molecule has 4 nitrogen and oxygen atoms in total. The predicted molar refractivity (Wildman–Crippen MR) is 64.0 cm³/mol. The van der Waals surface area contributed by atoms with Gasteiger partial charge in [0, 0.05) is 37.9 Å². The van der Waals surface area contributed by atoms with Crippen LogP contribution in [0.1, 0.15) is 17.7 Å². The lowest BCUT2D eigenvalue weighted by Crippen LogP contribution is -2.18. The number of nitrogens with zero attached hydrogens (tertiary/aromatic N) is 2. The molecular weight excluding hydrogens is 202 g/mol. The van der Waals surface area contributed by atoms with E-state index in [1.165, 1.54) is 11.3 Å². The molecule has 0 aliphatic rings. The Kier molecular flexibility index (Phi) is 5.62. The maximum atomic E-state index is 5.23. The van der Waals surface area contributed by atoms with Crippen molar-refractivity contribution in [2.45, 2.75) is 26.4 Å². The Hall–Kier alpha value is -1.31. The quantitative estimate of drug-likeness (QED) is 0.550. The molecule has 0 spiro atoms. The average molecular weight is 221 g/mol. The third kappa shape index (κ3) is 3.69. The second-order valence-electron chi connectivity index (χ2n) is 3.60. The summed E-state index contributed by atoms with van der Waals surface area (Å²) in [6.07, 6.45) is 7.85. The summed E-state index contributed by atoms with van der Waals surface area (Å²) in [5.41, 5.74) is 2.40. The molecule has 0 aliphatic carbocycles. The van der Waals surface area contributed by atoms with Crippen LogP contribution in [0, 0.1) is 19.3 Å². The summed E-state index contributed by atoms with van der Waals surface area (Å²) in [4.78, 5) is 0. The standard InChI is InChI=1S/C12H19N3O/c1-4-5-7-15-11(2)12(10-14-15)9-13-6-8-16-3/h1,10,13H,5-9H2,2-3H3. The van der Waals surface area contributed by atoms with Crippen molar-refractivity contribution in [3.8, 4) is 12.3 Å². The average Bonchev–Trinajstić information content (AvgIpc) is 2.64. The summed E-state index contributed by atoms with van der Waals surface area (Å²) in [6.45, 7) is 5.26. The van der Waals surface area contributed by atoms with Crippen LogP contribution in [-0.2, 0) is 17.8 Å². The molecule has 0 saturated heterocycles. The minimum Gasteiger partial charge on any atom is -0.383 e. The number of ether oxygens (including phenoxy) is 1. The van der Waals surface area contributed by atoms with Gasteiger partial charge in [0.05, 0.1) is 19.3 Å². The van der Waals surface area contributed by atoms with Crippen molar-refractivity contribution in [3.63, 3.8) is 0 Å². The molecule has 0 saturated carbocycles. The summed E-state index contributed by atoms with van der Waals surface area (Å²) < 4.78 is 6.91. The highest BCUT2D eigenvalue weighted by Crippen LogP contribution is 2.07. The van der Waals surface area contributed by atoms with Crippen LogP contribution >= 0.6 is 0 Å². The first-order valence-electron chi connectivity index (χ1n) is 5.44. The molecule has 0 radical (unpaired) electrons. The van der Waals surface area contributed by atoms with E-state index in [1.54, 1.807) is 7.11 Å². The van der Waals surface area contributed by atoms with Crippen LogP contribution in [0.4, 0.5) is 0 Å². The fraction of sp³-hybridized carbons (Fsp3) is 0.583. The largest absolute Gasteiger partial charge is 0.383 e. The predicted octanol–water partition coefficient (Wildman–Crippen LogP) is 0.951. The van der Waals surface area contributed by atoms with Crippen LogP contribution < -0.4 is 5.32 Å². The van der Waals surface area contributed by atoms with Crippen molar-refractivity contribution in [1.82, 2.24) is 15.1 Å². The van der Waals surface area contributed by atoms with Crippen molar-refractivity contribution in [2.75, 3.05) is 20.3 Å². The minimum atomic E-state index is 0.721. The third-order valence-corrected chi connectivity index (χ3v) is 2.47. The van der Waals surface area contributed by atoms with E-state index in [4.69, 9.17) is 11.2 Å². The second-order valence-corrected chi connectivity index (χ2v) is 3.60. The van der Waals surface area contributed by atoms with Gasteiger partial charge in [-0.1, -0.05) is 0 Å². The zero-order valence-electron chi connectivity index (χ0n) is 9.99. The van der Waals surface area contributed by atoms with Crippen LogP contribution in [-0.4, -0.2) is 30.0 Å². The van der Waals surface area contributed by atoms with Gasteiger partial charge in [0.15, 0.2) is 0 Å². The summed E-state index contributed by atoms with van der Waals surface area (Å²) in [5.74, 6) is 2.62. The highest BCUT2D eigenvalue weighted by Gasteiger charge is 2.04. The molecule has 0 fully saturated rings. The number of rotatable bonds is 7. The maximum absolute atomic E-state index is 5.23. The first-order chi connectivity index (χ1) is 7.79. The fourth-order valence-electron chi connectivity index (χ4n) is 1.45. The molecule has 1 N–H and O–H groups in total. The molecule has 16 heavy (non-hydrogen) atoms. The topological polar surface area (TPSA) is 39.1 Å². The Bertz CT molecular complexity index is 352. The van der Waals surface area contributed by atoms with E-state index in [-0.39, 0.29) is 0 Å². The maximum Gasteiger partial charge on any atom is 0.0587 e. The van der Waals surface area contributed by atoms with Crippen LogP contribution in [0.2, 0.25) is 0 Å². The summed E-state index contributed by atoms with van der Waals surface area (Å²) in [7, 11) is 1.70. The number of hydrogen-bond acceptors (Lipinski definition) is 3. The van der Waals surface area contributed by atoms with Crippen molar-refractivity contribution in [1.29, 1.82) is 0 Å². The molecule has 0 atom stereocenters. The first-order valence-corrected chi connectivity index (χ1v) is 5.44. The lowest BCUT2D eigenvalue weighted by Gasteiger charge is -2.05. The number of aryl methyl sites for hydroxylation is 1. The van der Waals surface area contributed by atoms with Gasteiger partial charge in [-0.2, -0.15) is 5.10 Å². The van der Waals surface area contributed by atoms with E-state index in [1.807, 2.05) is 10.9 Å². The van der Waals surface area contributed by atoms with Crippen molar-refractivity contribution in [3.05, 3.63) is 17.5 Å². The second kappa shape index (κ2) is 7.04. The lowest BCUT2D eigenvalue weighted by molar-refractivity contribution is 0.199. The van der Waals surface area contributed by atoms with Gasteiger partial charge in [0.1, 0.15) is 0 Å². The van der Waals surface area contributed by atoms with Gasteiger partial charge in [-0.3, -0.25) is 4.68 Å². The Morgan fingerprint density at radius 2 is 2.44 bits per heavy atom. The number of aromatic nitrogens is 2. The molecule has 0 unspecified atom stereocenters. The number of methoxy groups -OCH3 is 1. The highest BCUT2D eigenvalue weighted by molar-refractivity contribution is 5.15. The summed E-state index contributed by atoms with van der Waals surface area (Å²) in [6, 6.07) is 0. The van der Waals surface area contributed by atoms with E-state index >= 15 is 0 Å². The normalized spacial score (nSPS) is 10.3. The van der Waals surface area contributed by atoms with E-state index in [0.717, 1.165) is 32.7 Å². The number of terminal acetylenes is 1. The Morgan fingerprint density at radius 1 is 1.62 bits per heavy atom. The SMILES string of the molecule is C#CCCn1ncc(CNCCOC)c1C. The van der Waals surface area contributed by atoms with Crippen molar-refractivity contribution >= 4 is 0 Å². The van der Waals surface area contributed by atoms with Crippen LogP contribution in [0.15, 0.2) is 6.20 Å². The smallest absolute Gasteiger partial charge is 0.0587 e. The number of nitrogens with one attached hydrogen (secondary N) is 1. The molecule has 88 valence electrons. The molecule has 1 rings (SSSR count). The zero-order valence-corrected chi connectivity index (χ0v) is 9.99.